The predicted molar refractivity (Wildman–Crippen MR) is 78.4 cm³/mol. The Kier molecular flexibility index (Phi) is 4.01. The summed E-state index contributed by atoms with van der Waals surface area (Å²) < 4.78 is 5.53. The van der Waals surface area contributed by atoms with Gasteiger partial charge in [0.25, 0.3) is 0 Å². The Bertz CT molecular complexity index is 579. The second-order valence-corrected chi connectivity index (χ2v) is 5.18. The zero-order chi connectivity index (χ0) is 13.9. The van der Waals surface area contributed by atoms with Crippen LogP contribution in [0.4, 0.5) is 0 Å². The summed E-state index contributed by atoms with van der Waals surface area (Å²) in [5, 5.41) is 2.31. The number of ketones is 1. The van der Waals surface area contributed by atoms with Crippen molar-refractivity contribution < 1.29 is 9.53 Å². The molecule has 100 valence electrons. The molecule has 0 spiro atoms. The predicted octanol–water partition coefficient (Wildman–Crippen LogP) is 3.77. The minimum absolute atomic E-state index is 0.116. The van der Waals surface area contributed by atoms with Crippen molar-refractivity contribution in [1.29, 1.82) is 0 Å². The fourth-order valence-electron chi connectivity index (χ4n) is 2.27. The van der Waals surface area contributed by atoms with Crippen molar-refractivity contribution >= 4 is 16.6 Å². The van der Waals surface area contributed by atoms with Crippen LogP contribution in [-0.2, 0) is 16.0 Å². The van der Waals surface area contributed by atoms with Crippen molar-refractivity contribution in [2.24, 2.45) is 0 Å². The van der Waals surface area contributed by atoms with E-state index in [0.717, 1.165) is 10.9 Å². The van der Waals surface area contributed by atoms with Gasteiger partial charge in [-0.3, -0.25) is 4.79 Å². The van der Waals surface area contributed by atoms with Crippen molar-refractivity contribution in [3.8, 4) is 0 Å². The Labute approximate surface area is 114 Å². The summed E-state index contributed by atoms with van der Waals surface area (Å²) in [4.78, 5) is 12.3. The topological polar surface area (TPSA) is 26.3 Å². The zero-order valence-electron chi connectivity index (χ0n) is 11.8. The molecule has 2 rings (SSSR count). The highest BCUT2D eigenvalue weighted by Crippen LogP contribution is 2.21. The second kappa shape index (κ2) is 5.54. The summed E-state index contributed by atoms with van der Waals surface area (Å²) >= 11 is 0. The molecule has 0 atom stereocenters. The van der Waals surface area contributed by atoms with Crippen LogP contribution in [0.1, 0.15) is 26.3 Å². The normalized spacial score (nSPS) is 11.7. The Morgan fingerprint density at radius 2 is 1.79 bits per heavy atom. The van der Waals surface area contributed by atoms with Crippen molar-refractivity contribution in [1.82, 2.24) is 0 Å². The van der Waals surface area contributed by atoms with E-state index in [2.05, 4.69) is 18.2 Å². The number of benzene rings is 2. The molecule has 0 bridgehead atoms. The lowest BCUT2D eigenvalue weighted by molar-refractivity contribution is -0.139. The maximum Gasteiger partial charge on any atom is 0.168 e. The third-order valence-electron chi connectivity index (χ3n) is 3.41. The van der Waals surface area contributed by atoms with Crippen LogP contribution in [0.3, 0.4) is 0 Å². The lowest BCUT2D eigenvalue weighted by Gasteiger charge is -2.23. The van der Waals surface area contributed by atoms with E-state index in [1.807, 2.05) is 45.0 Å². The molecule has 0 heterocycles. The highest BCUT2D eigenvalue weighted by atomic mass is 16.5. The first-order valence-corrected chi connectivity index (χ1v) is 6.68. The first-order valence-electron chi connectivity index (χ1n) is 6.68. The van der Waals surface area contributed by atoms with Gasteiger partial charge in [-0.1, -0.05) is 42.5 Å². The fourth-order valence-corrected chi connectivity index (χ4v) is 2.27. The fraction of sp³-hybridized carbons (Fsp3) is 0.353. The van der Waals surface area contributed by atoms with E-state index in [0.29, 0.717) is 13.0 Å². The van der Waals surface area contributed by atoms with E-state index >= 15 is 0 Å². The molecule has 2 aromatic carbocycles. The lowest BCUT2D eigenvalue weighted by Crippen LogP contribution is -2.36. The largest absolute Gasteiger partial charge is 0.368 e. The van der Waals surface area contributed by atoms with Crippen molar-refractivity contribution in [3.05, 3.63) is 48.0 Å². The van der Waals surface area contributed by atoms with Gasteiger partial charge in [-0.2, -0.15) is 0 Å². The van der Waals surface area contributed by atoms with Gasteiger partial charge in [0, 0.05) is 13.0 Å². The summed E-state index contributed by atoms with van der Waals surface area (Å²) in [6.07, 6.45) is 0.411. The van der Waals surface area contributed by atoms with Crippen molar-refractivity contribution in [2.75, 3.05) is 6.61 Å². The van der Waals surface area contributed by atoms with Crippen LogP contribution in [0, 0.1) is 0 Å². The molecule has 19 heavy (non-hydrogen) atoms. The van der Waals surface area contributed by atoms with Gasteiger partial charge in [0.15, 0.2) is 5.78 Å². The summed E-state index contributed by atoms with van der Waals surface area (Å²) in [5.41, 5.74) is 0.349. The van der Waals surface area contributed by atoms with Gasteiger partial charge in [0.1, 0.15) is 5.60 Å². The van der Waals surface area contributed by atoms with Gasteiger partial charge in [0.05, 0.1) is 0 Å². The molecule has 0 aromatic heterocycles. The van der Waals surface area contributed by atoms with Crippen LogP contribution in [0.25, 0.3) is 10.8 Å². The highest BCUT2D eigenvalue weighted by molar-refractivity contribution is 5.94. The minimum Gasteiger partial charge on any atom is -0.368 e. The van der Waals surface area contributed by atoms with Gasteiger partial charge < -0.3 is 4.74 Å². The molecule has 0 saturated carbocycles. The average Bonchev–Trinajstić information content (AvgIpc) is 2.39. The highest BCUT2D eigenvalue weighted by Gasteiger charge is 2.27. The van der Waals surface area contributed by atoms with Crippen LogP contribution in [0.15, 0.2) is 42.5 Å². The van der Waals surface area contributed by atoms with E-state index in [9.17, 15) is 4.79 Å². The van der Waals surface area contributed by atoms with Crippen LogP contribution >= 0.6 is 0 Å². The molecule has 0 unspecified atom stereocenters. The van der Waals surface area contributed by atoms with Crippen molar-refractivity contribution in [2.45, 2.75) is 32.8 Å². The number of carbonyl (C=O) groups excluding carboxylic acids is 1. The summed E-state index contributed by atoms with van der Waals surface area (Å²) in [6.45, 7) is 6.13. The molecule has 2 heteroatoms. The number of fused-ring (bicyclic) bond motifs is 1. The SMILES string of the molecule is CCOC(C)(C)C(=O)Cc1cccc2ccccc12. The molecule has 0 amide bonds. The van der Waals surface area contributed by atoms with E-state index in [1.54, 1.807) is 0 Å². The number of hydrogen-bond acceptors (Lipinski definition) is 2. The zero-order valence-corrected chi connectivity index (χ0v) is 11.8. The first-order chi connectivity index (χ1) is 9.04. The molecule has 0 aliphatic carbocycles. The Morgan fingerprint density at radius 1 is 1.11 bits per heavy atom. The van der Waals surface area contributed by atoms with Gasteiger partial charge >= 0.3 is 0 Å². The number of rotatable bonds is 5. The maximum atomic E-state index is 12.3. The molecule has 0 aliphatic heterocycles. The minimum atomic E-state index is -0.717. The quantitative estimate of drug-likeness (QED) is 0.814. The molecule has 0 aliphatic rings. The summed E-state index contributed by atoms with van der Waals surface area (Å²) in [5.74, 6) is 0.116. The van der Waals surface area contributed by atoms with E-state index in [1.165, 1.54) is 5.39 Å². The maximum absolute atomic E-state index is 12.3. The Balaban J connectivity index is 2.29. The van der Waals surface area contributed by atoms with E-state index in [4.69, 9.17) is 4.74 Å². The van der Waals surface area contributed by atoms with Crippen LogP contribution in [-0.4, -0.2) is 18.0 Å². The molecule has 0 N–H and O–H groups in total. The second-order valence-electron chi connectivity index (χ2n) is 5.18. The first kappa shape index (κ1) is 13.8. The van der Waals surface area contributed by atoms with Gasteiger partial charge in [-0.05, 0) is 37.1 Å². The molecule has 0 saturated heterocycles. The lowest BCUT2D eigenvalue weighted by atomic mass is 9.94. The molecule has 0 fully saturated rings. The van der Waals surface area contributed by atoms with Gasteiger partial charge in [0.2, 0.25) is 0 Å². The Morgan fingerprint density at radius 3 is 2.53 bits per heavy atom. The molecular formula is C17H20O2. The number of carbonyl (C=O) groups is 1. The van der Waals surface area contributed by atoms with E-state index < -0.39 is 5.60 Å². The smallest absolute Gasteiger partial charge is 0.168 e. The van der Waals surface area contributed by atoms with E-state index in [-0.39, 0.29) is 5.78 Å². The van der Waals surface area contributed by atoms with Crippen LogP contribution in [0.2, 0.25) is 0 Å². The number of ether oxygens (including phenoxy) is 1. The molecule has 2 aromatic rings. The van der Waals surface area contributed by atoms with Crippen LogP contribution in [0.5, 0.6) is 0 Å². The summed E-state index contributed by atoms with van der Waals surface area (Å²) in [6, 6.07) is 14.2. The average molecular weight is 256 g/mol. The van der Waals surface area contributed by atoms with Gasteiger partial charge in [-0.15, -0.1) is 0 Å². The third kappa shape index (κ3) is 3.02. The number of hydrogen-bond donors (Lipinski definition) is 0. The van der Waals surface area contributed by atoms with Gasteiger partial charge in [-0.25, -0.2) is 0 Å². The Hall–Kier alpha value is -1.67. The van der Waals surface area contributed by atoms with Crippen molar-refractivity contribution in [3.63, 3.8) is 0 Å². The summed E-state index contributed by atoms with van der Waals surface area (Å²) in [7, 11) is 0. The third-order valence-corrected chi connectivity index (χ3v) is 3.41. The standard InChI is InChI=1S/C17H20O2/c1-4-19-17(2,3)16(18)12-14-10-7-9-13-8-5-6-11-15(13)14/h5-11H,4,12H2,1-3H3. The molecular weight excluding hydrogens is 236 g/mol. The van der Waals surface area contributed by atoms with Crippen LogP contribution < -0.4 is 0 Å². The molecule has 0 radical (unpaired) electrons. The molecule has 2 nitrogen and oxygen atoms in total. The monoisotopic (exact) mass is 256 g/mol. The number of Topliss-reactive ketones (excluding diaryl/α,β-unsaturated/α-hetero) is 1.